The quantitative estimate of drug-likeness (QED) is 0.0472. The van der Waals surface area contributed by atoms with Gasteiger partial charge in [0, 0.05) is 80.2 Å². The van der Waals surface area contributed by atoms with E-state index in [0.717, 1.165) is 38.6 Å². The SMILES string of the molecule is CCc1ccc(N)cc1CN1C(=O)c2ccccc2C1=O.Cc1ccc(N)cc1CN1C(=O)c2ccccc2C1=O.Nc1ccc(-n2c(=O)[nH][nH]c2=O)cc1.Nc1ccc(N2C(=O)CCC2=O)cc1.Nc1ccc(N2C(=O)c3ccccc3C2=O)cc1.Nc1ccc2c(c1)C(=O)N(c1ccccc1)C2=O.Nc1ccc2c3c(cccc13)C(=O)NC2=O.Nc1ccc2oc(=O)[nH]c(=O)c2c1. The van der Waals surface area contributed by atoms with Gasteiger partial charge in [-0.1, -0.05) is 85.8 Å². The number of nitrogens with one attached hydrogen (secondary N) is 4. The van der Waals surface area contributed by atoms with E-state index in [2.05, 4.69) is 15.5 Å². The number of rotatable bonds is 9. The molecule has 13 aromatic carbocycles. The van der Waals surface area contributed by atoms with Crippen molar-refractivity contribution in [3.63, 3.8) is 0 Å². The van der Waals surface area contributed by atoms with Crippen LogP contribution in [0.25, 0.3) is 27.4 Å². The van der Waals surface area contributed by atoms with E-state index in [4.69, 9.17) is 50.3 Å². The Kier molecular flexibility index (Phi) is 26.6. The van der Waals surface area contributed by atoms with Gasteiger partial charge in [-0.2, -0.15) is 0 Å². The number of hydrogen-bond acceptors (Lipinski definition) is 25. The van der Waals surface area contributed by atoms with E-state index in [9.17, 15) is 76.7 Å². The van der Waals surface area contributed by atoms with Gasteiger partial charge in [-0.05, 0) is 236 Å². The molecule has 0 spiro atoms. The van der Waals surface area contributed by atoms with E-state index in [1.807, 2.05) is 55.2 Å². The predicted octanol–water partition coefficient (Wildman–Crippen LogP) is 10.9. The van der Waals surface area contributed by atoms with E-state index in [0.29, 0.717) is 142 Å². The average molecular weight is 1800 g/mol. The Hall–Kier alpha value is -19.0. The number of nitrogens with zero attached hydrogens (tertiary/aromatic N) is 6. The van der Waals surface area contributed by atoms with Crippen molar-refractivity contribution in [2.75, 3.05) is 60.6 Å². The first-order valence-electron chi connectivity index (χ1n) is 41.1. The molecule has 0 radical (unpaired) electrons. The summed E-state index contributed by atoms with van der Waals surface area (Å²) in [7, 11) is 0. The number of aromatic nitrogens is 4. The van der Waals surface area contributed by atoms with Crippen LogP contribution in [0.5, 0.6) is 0 Å². The number of nitrogens with two attached hydrogens (primary N) is 8. The largest absolute Gasteiger partial charge is 0.419 e. The van der Waals surface area contributed by atoms with E-state index >= 15 is 0 Å². The Morgan fingerprint density at radius 1 is 0.313 bits per heavy atom. The summed E-state index contributed by atoms with van der Waals surface area (Å²) in [6, 6.07) is 78.2. The minimum Gasteiger partial charge on any atom is -0.409 e. The van der Waals surface area contributed by atoms with Crippen LogP contribution in [-0.4, -0.2) is 100 Å². The Labute approximate surface area is 759 Å². The third-order valence-electron chi connectivity index (χ3n) is 21.8. The molecule has 21 rings (SSSR count). The van der Waals surface area contributed by atoms with Crippen LogP contribution >= 0.6 is 0 Å². The number of para-hydroxylation sites is 1. The molecule has 0 unspecified atom stereocenters. The van der Waals surface area contributed by atoms with Crippen molar-refractivity contribution in [1.82, 2.24) is 34.9 Å². The molecule has 0 saturated carbocycles. The van der Waals surface area contributed by atoms with Gasteiger partial charge in [0.05, 0.1) is 85.7 Å². The fourth-order valence-corrected chi connectivity index (χ4v) is 15.0. The average Bonchev–Trinajstić information content (AvgIpc) is 1.45. The number of H-pyrrole nitrogens is 3. The molecule has 6 aliphatic heterocycles. The number of hydrogen-bond donors (Lipinski definition) is 12. The molecule has 6 aliphatic rings. The maximum absolute atomic E-state index is 12.4. The number of nitrogen functional groups attached to an aromatic ring is 8. The number of anilines is 11. The Balaban J connectivity index is 0.000000123. The van der Waals surface area contributed by atoms with Crippen molar-refractivity contribution < 1.29 is 62.0 Å². The van der Waals surface area contributed by atoms with Crippen LogP contribution in [0.3, 0.4) is 0 Å². The van der Waals surface area contributed by atoms with Crippen molar-refractivity contribution in [2.45, 2.75) is 46.2 Å². The molecule has 0 bridgehead atoms. The summed E-state index contributed by atoms with van der Waals surface area (Å²) < 4.78 is 5.72. The summed E-state index contributed by atoms with van der Waals surface area (Å²) in [4.78, 5) is 196. The second kappa shape index (κ2) is 39.1. The summed E-state index contributed by atoms with van der Waals surface area (Å²) in [6.07, 6.45) is 1.45. The molecule has 35 heteroatoms. The first-order chi connectivity index (χ1) is 64.3. The Morgan fingerprint density at radius 3 is 1.19 bits per heavy atom. The van der Waals surface area contributed by atoms with E-state index in [1.165, 1.54) is 36.6 Å². The molecule has 0 atom stereocenters. The highest BCUT2D eigenvalue weighted by molar-refractivity contribution is 6.36. The third-order valence-corrected chi connectivity index (χ3v) is 21.8. The lowest BCUT2D eigenvalue weighted by Gasteiger charge is -2.17. The van der Waals surface area contributed by atoms with Gasteiger partial charge >= 0.3 is 17.1 Å². The maximum Gasteiger partial charge on any atom is 0.419 e. The van der Waals surface area contributed by atoms with Crippen molar-refractivity contribution in [1.29, 1.82) is 0 Å². The van der Waals surface area contributed by atoms with Gasteiger partial charge in [0.1, 0.15) is 5.58 Å². The summed E-state index contributed by atoms with van der Waals surface area (Å²) in [5.74, 6) is -3.94. The Morgan fingerprint density at radius 2 is 0.687 bits per heavy atom. The molecule has 134 heavy (non-hydrogen) atoms. The zero-order chi connectivity index (χ0) is 95.6. The summed E-state index contributed by atoms with van der Waals surface area (Å²) in [5, 5.41) is 8.35. The Bertz CT molecular complexity index is 7390. The minimum absolute atomic E-state index is 0.139. The second-order valence-electron chi connectivity index (χ2n) is 30.5. The van der Waals surface area contributed by atoms with Crippen LogP contribution in [0.15, 0.2) is 303 Å². The third kappa shape index (κ3) is 19.3. The number of fused-ring (bicyclic) bond motifs is 5. The topological polar surface area (TPSA) is 575 Å². The second-order valence-corrected chi connectivity index (χ2v) is 30.5. The highest BCUT2D eigenvalue weighted by Crippen LogP contribution is 2.35. The fraction of sp³-hybridized carbons (Fsp3) is 0.0707. The number of aromatic amines is 3. The molecule has 8 heterocycles. The van der Waals surface area contributed by atoms with Gasteiger partial charge in [-0.3, -0.25) is 87.3 Å². The summed E-state index contributed by atoms with van der Waals surface area (Å²) in [6.45, 7) is 4.49. The van der Waals surface area contributed by atoms with Gasteiger partial charge in [0.15, 0.2) is 0 Å². The van der Waals surface area contributed by atoms with Crippen molar-refractivity contribution in [3.05, 3.63) is 399 Å². The molecule has 20 N–H and O–H groups in total. The lowest BCUT2D eigenvalue weighted by Crippen LogP contribution is -2.34. The van der Waals surface area contributed by atoms with Crippen LogP contribution in [0.4, 0.5) is 62.6 Å². The lowest BCUT2D eigenvalue weighted by molar-refractivity contribution is -0.121. The molecule has 15 aromatic rings. The highest BCUT2D eigenvalue weighted by Gasteiger charge is 2.40. The van der Waals surface area contributed by atoms with Crippen LogP contribution < -0.4 is 88.6 Å². The number of benzene rings is 13. The van der Waals surface area contributed by atoms with Gasteiger partial charge < -0.3 is 50.3 Å². The minimum atomic E-state index is -0.762. The first kappa shape index (κ1) is 91.3. The highest BCUT2D eigenvalue weighted by atomic mass is 16.4. The number of carbonyl (C=O) groups excluding carboxylic acids is 12. The smallest absolute Gasteiger partial charge is 0.409 e. The van der Waals surface area contributed by atoms with Gasteiger partial charge in [0.25, 0.3) is 64.6 Å². The number of amides is 12. The van der Waals surface area contributed by atoms with Gasteiger partial charge in [-0.15, -0.1) is 0 Å². The number of aryl methyl sites for hydroxylation is 2. The molecule has 2 aromatic heterocycles. The number of imide groups is 6. The van der Waals surface area contributed by atoms with Crippen molar-refractivity contribution in [3.8, 4) is 5.69 Å². The lowest BCUT2D eigenvalue weighted by atomic mass is 9.94. The summed E-state index contributed by atoms with van der Waals surface area (Å²) >= 11 is 0. The predicted molar refractivity (Wildman–Crippen MR) is 506 cm³/mol. The van der Waals surface area contributed by atoms with E-state index in [1.54, 1.807) is 231 Å². The molecule has 1 fully saturated rings. The molecular formula is C99H82N18O17. The monoisotopic (exact) mass is 1790 g/mol. The maximum atomic E-state index is 12.4. The number of carbonyl (C=O) groups is 12. The molecule has 0 aliphatic carbocycles. The van der Waals surface area contributed by atoms with Crippen LogP contribution in [0.2, 0.25) is 0 Å². The zero-order valence-corrected chi connectivity index (χ0v) is 71.3. The molecule has 12 amide bonds. The molecule has 670 valence electrons. The van der Waals surface area contributed by atoms with Crippen molar-refractivity contribution in [2.24, 2.45) is 0 Å². The van der Waals surface area contributed by atoms with Crippen molar-refractivity contribution >= 4 is 155 Å². The fourth-order valence-electron chi connectivity index (χ4n) is 15.0. The molecule has 35 nitrogen and oxygen atoms in total. The first-order valence-corrected chi connectivity index (χ1v) is 41.1. The van der Waals surface area contributed by atoms with E-state index < -0.39 is 22.7 Å². The normalized spacial score (nSPS) is 13.4. The van der Waals surface area contributed by atoms with Gasteiger partial charge in [0.2, 0.25) is 11.8 Å². The summed E-state index contributed by atoms with van der Waals surface area (Å²) in [5.41, 5.74) is 59.0. The van der Waals surface area contributed by atoms with Crippen LogP contribution in [0, 0.1) is 6.92 Å². The van der Waals surface area contributed by atoms with E-state index in [-0.39, 0.29) is 94.9 Å². The molecule has 1 saturated heterocycles. The van der Waals surface area contributed by atoms with Gasteiger partial charge in [-0.25, -0.2) is 38.9 Å². The standard InChI is InChI=1S/C17H16N2O2.C16H14N2O2.2C14H10N2O2.C12H8N2O2.C10H10N2O2.C8H8N4O2.C8H6N2O3/c1-2-11-7-8-13(18)9-12(11)10-19-16(20)14-5-3-4-6-15(14)17(19)21;1-10-6-7-12(17)8-11(10)9-18-15(19)13-4-2-3-5-14(13)16(18)20;15-9-5-7-10(8-6-9)16-13(17)11-3-1-2-4-12(11)14(16)18;15-9-6-7-11-12(8-9)14(18)16(13(11)17)10-4-2-1-3-5-10;13-9-5-4-8-10-6(9)2-1-3-7(10)11(15)14-12(8)16;11-7-1-3-8(4-2-7)12-9(13)5-6-10(12)14;9-5-1-3-6(4-2-5)12-7(13)10-11-8(12)14;9-4-1-2-6-5(3-4)7(11)10-8(12)13-6/h3-9H,2,10,18H2,1H3;2-8H,9,17H2,1H3;2*1-8H,15H2;1-5H,13H2,(H,14,15,16);1-4H,5-6,11H2;1-4H,9H2,(H,10,13)(H,11,14);1-3H,9H2,(H,10,11,12). The zero-order valence-electron chi connectivity index (χ0n) is 71.3. The van der Waals surface area contributed by atoms with Crippen LogP contribution in [-0.2, 0) is 29.1 Å². The molecular weight excluding hydrogens is 1710 g/mol. The van der Waals surface area contributed by atoms with Crippen LogP contribution in [0.1, 0.15) is 146 Å².